The number of aliphatic hydroxyl groups excluding tert-OH is 2. The maximum absolute atomic E-state index is 13.1. The molecular formula is C50H64Cl4N6O14S2. The van der Waals surface area contributed by atoms with Gasteiger partial charge in [0.25, 0.3) is 21.8 Å². The Bertz CT molecular complexity index is 2800. The molecule has 0 bridgehead atoms. The second kappa shape index (κ2) is 30.1. The number of carbonyl (C=O) groups is 2. The van der Waals surface area contributed by atoms with Crippen molar-refractivity contribution in [2.75, 3.05) is 119 Å². The molecule has 2 aliphatic heterocycles. The van der Waals surface area contributed by atoms with Crippen LogP contribution in [-0.4, -0.2) is 180 Å². The van der Waals surface area contributed by atoms with Crippen LogP contribution in [0.4, 0.5) is 0 Å². The molecule has 418 valence electrons. The summed E-state index contributed by atoms with van der Waals surface area (Å²) in [6.45, 7) is 3.84. The molecule has 6 N–H and O–H groups in total. The molecule has 4 atom stereocenters. The van der Waals surface area contributed by atoms with E-state index in [1.54, 1.807) is 42.5 Å². The van der Waals surface area contributed by atoms with Crippen molar-refractivity contribution in [1.82, 2.24) is 30.0 Å². The van der Waals surface area contributed by atoms with Gasteiger partial charge in [-0.2, -0.15) is 0 Å². The van der Waals surface area contributed by atoms with E-state index in [1.165, 1.54) is 6.07 Å². The number of benzene rings is 4. The van der Waals surface area contributed by atoms with Crippen molar-refractivity contribution < 1.29 is 65.2 Å². The van der Waals surface area contributed by atoms with Crippen molar-refractivity contribution in [1.29, 1.82) is 0 Å². The molecule has 6 rings (SSSR count). The van der Waals surface area contributed by atoms with Crippen LogP contribution in [0.3, 0.4) is 0 Å². The summed E-state index contributed by atoms with van der Waals surface area (Å²) >= 11 is 25.6. The summed E-state index contributed by atoms with van der Waals surface area (Å²) in [6, 6.07) is 20.6. The number of carbonyl (C=O) groups excluding carboxylic acids is 2. The Kier molecular flexibility index (Phi) is 24.4. The highest BCUT2D eigenvalue weighted by Crippen LogP contribution is 2.40. The Balaban J connectivity index is 0.733. The zero-order chi connectivity index (χ0) is 54.8. The Hall–Kier alpha value is -3.60. The smallest absolute Gasteiger partial charge is 0.262 e. The van der Waals surface area contributed by atoms with Gasteiger partial charge in [0, 0.05) is 77.7 Å². The Labute approximate surface area is 463 Å². The van der Waals surface area contributed by atoms with Gasteiger partial charge in [-0.25, -0.2) is 21.6 Å². The lowest BCUT2D eigenvalue weighted by Crippen LogP contribution is -2.50. The molecule has 2 heterocycles. The van der Waals surface area contributed by atoms with Crippen molar-refractivity contribution in [3.8, 4) is 0 Å². The van der Waals surface area contributed by atoms with Crippen molar-refractivity contribution in [3.05, 3.63) is 126 Å². The normalized spacial score (nSPS) is 16.9. The van der Waals surface area contributed by atoms with E-state index in [0.717, 1.165) is 33.4 Å². The number of aliphatic hydroxyl groups is 2. The van der Waals surface area contributed by atoms with Gasteiger partial charge in [0.15, 0.2) is 12.2 Å². The van der Waals surface area contributed by atoms with Crippen molar-refractivity contribution >= 4 is 78.3 Å². The number of hydrogen-bond donors (Lipinski definition) is 6. The van der Waals surface area contributed by atoms with E-state index in [4.69, 9.17) is 74.9 Å². The monoisotopic (exact) mass is 1180 g/mol. The van der Waals surface area contributed by atoms with Crippen LogP contribution in [0, 0.1) is 0 Å². The first kappa shape index (κ1) is 61.6. The molecule has 76 heavy (non-hydrogen) atoms. The summed E-state index contributed by atoms with van der Waals surface area (Å²) < 4.78 is 82.1. The average Bonchev–Trinajstić information content (AvgIpc) is 3.39. The summed E-state index contributed by atoms with van der Waals surface area (Å²) in [5.74, 6) is -2.22. The van der Waals surface area contributed by atoms with Gasteiger partial charge in [0.1, 0.15) is 0 Å². The van der Waals surface area contributed by atoms with Gasteiger partial charge >= 0.3 is 0 Å². The third kappa shape index (κ3) is 18.2. The summed E-state index contributed by atoms with van der Waals surface area (Å²) in [7, 11) is -3.89. The quantitative estimate of drug-likeness (QED) is 0.0311. The zero-order valence-electron chi connectivity index (χ0n) is 42.0. The standard InChI is InChI=1S/C50H64Cl4N6O14S2/c1-59-29-41(39-25-35(51)27-45(53)43(39)31-59)33-5-3-7-37(23-33)75(65,66)57-11-14-71-17-19-72-18-15-69-12-9-55-49(63)47(61)48(62)50(64)56-10-13-70-16-20-73-21-22-74-58-76(67,68)38-8-4-6-34(24-38)42-30-60(2)32-44-40(42)26-36(52)28-46(44)54/h3-8,23-28,41-42,47-48,57-58,61-62H,9-22,29-32H2,1-2H3,(H,55,63)(H,56,64)/t41-,42-,47+,48+/m0/s1. The lowest BCUT2D eigenvalue weighted by molar-refractivity contribution is -0.146. The maximum atomic E-state index is 13.1. The Morgan fingerprint density at radius 3 is 1.41 bits per heavy atom. The minimum Gasteiger partial charge on any atom is -0.380 e. The summed E-state index contributed by atoms with van der Waals surface area (Å²) in [4.78, 5) is 36.3. The number of ether oxygens (including phenoxy) is 5. The third-order valence-electron chi connectivity index (χ3n) is 12.2. The molecule has 0 saturated carbocycles. The van der Waals surface area contributed by atoms with Crippen molar-refractivity contribution in [2.45, 2.75) is 46.9 Å². The fourth-order valence-corrected chi connectivity index (χ4v) is 11.6. The van der Waals surface area contributed by atoms with Crippen molar-refractivity contribution in [2.24, 2.45) is 0 Å². The van der Waals surface area contributed by atoms with E-state index in [0.29, 0.717) is 46.3 Å². The topological polar surface area (TPSA) is 253 Å². The second-order valence-corrected chi connectivity index (χ2v) is 23.0. The molecule has 0 aliphatic carbocycles. The third-order valence-corrected chi connectivity index (χ3v) is 16.0. The van der Waals surface area contributed by atoms with Gasteiger partial charge in [0.2, 0.25) is 10.0 Å². The van der Waals surface area contributed by atoms with E-state index < -0.39 is 44.1 Å². The number of hydrogen-bond acceptors (Lipinski definition) is 16. The zero-order valence-corrected chi connectivity index (χ0v) is 46.6. The first-order valence-corrected chi connectivity index (χ1v) is 28.8. The molecule has 4 aromatic rings. The maximum Gasteiger partial charge on any atom is 0.262 e. The number of nitrogens with zero attached hydrogens (tertiary/aromatic N) is 2. The molecule has 0 aromatic heterocycles. The molecule has 0 unspecified atom stereocenters. The molecule has 26 heteroatoms. The number of likely N-dealkylation sites (N-methyl/N-ethyl adjacent to an activating group) is 2. The second-order valence-electron chi connectivity index (χ2n) is 17.9. The fraction of sp³-hybridized carbons (Fsp3) is 0.480. The van der Waals surface area contributed by atoms with Crippen LogP contribution < -0.4 is 20.2 Å². The predicted molar refractivity (Wildman–Crippen MR) is 286 cm³/mol. The number of sulfonamides is 2. The largest absolute Gasteiger partial charge is 0.380 e. The highest BCUT2D eigenvalue weighted by atomic mass is 35.5. The Morgan fingerprint density at radius 2 is 0.961 bits per heavy atom. The van der Waals surface area contributed by atoms with Crippen LogP contribution in [0.1, 0.15) is 45.2 Å². The minimum absolute atomic E-state index is 0.0165. The van der Waals surface area contributed by atoms with E-state index in [1.807, 2.05) is 38.4 Å². The SMILES string of the molecule is CN1Cc2c(Cl)cc(Cl)cc2[C@H](c2cccc(S(=O)(=O)NCCOCCOCCOCCNC(=O)[C@H](O)[C@@H](O)C(=O)NCCOCCOCCONS(=O)(=O)c3cccc([C@@H]4CN(C)Cc5c(Cl)cc(Cl)cc54)c3)c2)C1. The van der Waals surface area contributed by atoms with Gasteiger partial charge in [-0.3, -0.25) is 14.4 Å². The van der Waals surface area contributed by atoms with Crippen LogP contribution in [-0.2, 0) is 71.2 Å². The lowest BCUT2D eigenvalue weighted by Gasteiger charge is -2.33. The molecule has 0 fully saturated rings. The van der Waals surface area contributed by atoms with E-state index in [2.05, 4.69) is 30.0 Å². The van der Waals surface area contributed by atoms with Gasteiger partial charge in [-0.1, -0.05) is 75.6 Å². The molecule has 2 amide bonds. The predicted octanol–water partition coefficient (Wildman–Crippen LogP) is 3.68. The van der Waals surface area contributed by atoms with Gasteiger partial charge < -0.3 is 54.3 Å². The average molecular weight is 1180 g/mol. The van der Waals surface area contributed by atoms with Crippen LogP contribution in [0.25, 0.3) is 0 Å². The van der Waals surface area contributed by atoms with E-state index in [9.17, 15) is 36.6 Å². The number of halogens is 4. The van der Waals surface area contributed by atoms with Gasteiger partial charge in [-0.05, 0) is 96.0 Å². The van der Waals surface area contributed by atoms with Gasteiger partial charge in [0.05, 0.1) is 82.5 Å². The van der Waals surface area contributed by atoms with E-state index in [-0.39, 0.29) is 114 Å². The van der Waals surface area contributed by atoms with Crippen LogP contribution in [0.15, 0.2) is 82.6 Å². The van der Waals surface area contributed by atoms with Crippen LogP contribution >= 0.6 is 46.4 Å². The molecule has 0 spiro atoms. The van der Waals surface area contributed by atoms with Crippen molar-refractivity contribution in [3.63, 3.8) is 0 Å². The summed E-state index contributed by atoms with van der Waals surface area (Å²) in [5.41, 5.74) is 5.46. The molecular weight excluding hydrogens is 1110 g/mol. The fourth-order valence-electron chi connectivity index (χ4n) is 8.51. The highest BCUT2D eigenvalue weighted by Gasteiger charge is 2.32. The molecule has 4 aromatic carbocycles. The summed E-state index contributed by atoms with van der Waals surface area (Å²) in [6.07, 6.45) is -4.07. The lowest BCUT2D eigenvalue weighted by atomic mass is 9.85. The van der Waals surface area contributed by atoms with Crippen LogP contribution in [0.2, 0.25) is 20.1 Å². The molecule has 0 radical (unpaired) electrons. The van der Waals surface area contributed by atoms with E-state index >= 15 is 0 Å². The molecule has 0 saturated heterocycles. The highest BCUT2D eigenvalue weighted by molar-refractivity contribution is 7.89. The molecule has 2 aliphatic rings. The Morgan fingerprint density at radius 1 is 0.566 bits per heavy atom. The molecule has 20 nitrogen and oxygen atoms in total. The number of fused-ring (bicyclic) bond motifs is 2. The van der Waals surface area contributed by atoms with Gasteiger partial charge in [-0.15, -0.1) is 0 Å². The first-order valence-electron chi connectivity index (χ1n) is 24.3. The summed E-state index contributed by atoms with van der Waals surface area (Å²) in [5, 5.41) is 27.2. The number of nitrogens with one attached hydrogen (secondary N) is 4. The minimum atomic E-state index is -4.02. The number of rotatable bonds is 31. The van der Waals surface area contributed by atoms with Crippen LogP contribution in [0.5, 0.6) is 0 Å². The first-order chi connectivity index (χ1) is 36.3. The number of amides is 2.